The van der Waals surface area contributed by atoms with Crippen LogP contribution in [-0.2, 0) is 6.18 Å². The Bertz CT molecular complexity index is 1060. The van der Waals surface area contributed by atoms with E-state index in [4.69, 9.17) is 0 Å². The van der Waals surface area contributed by atoms with E-state index in [-0.39, 0.29) is 5.69 Å². The number of alkyl halides is 3. The first-order valence-electron chi connectivity index (χ1n) is 8.71. The van der Waals surface area contributed by atoms with Crippen LogP contribution in [0.3, 0.4) is 0 Å². The molecule has 3 rings (SSSR count). The standard InChI is InChI=1S/C17H16F3N5O3S2/c1-3-24(4-2)16-21-15-13(30-16)8-12(29-15)14(26)23-22-10-6-5-9(17(18,19)20)7-11(10)25(27)28/h5-8,22H,3-4H2,1-2H3,(H,23,26). The van der Waals surface area contributed by atoms with Gasteiger partial charge in [0.1, 0.15) is 10.5 Å². The lowest BCUT2D eigenvalue weighted by Crippen LogP contribution is -2.29. The summed E-state index contributed by atoms with van der Waals surface area (Å²) in [6.07, 6.45) is -4.72. The number of thiazole rings is 1. The zero-order valence-electron chi connectivity index (χ0n) is 15.7. The Balaban J connectivity index is 1.75. The highest BCUT2D eigenvalue weighted by molar-refractivity contribution is 7.29. The predicted molar refractivity (Wildman–Crippen MR) is 110 cm³/mol. The van der Waals surface area contributed by atoms with Crippen molar-refractivity contribution in [2.75, 3.05) is 23.4 Å². The van der Waals surface area contributed by atoms with E-state index in [9.17, 15) is 28.1 Å². The van der Waals surface area contributed by atoms with E-state index in [1.807, 2.05) is 13.8 Å². The summed E-state index contributed by atoms with van der Waals surface area (Å²) in [6.45, 7) is 5.65. The SMILES string of the molecule is CCN(CC)c1nc2sc(C(=O)NNc3ccc(C(F)(F)F)cc3[N+](=O)[O-])cc2s1. The van der Waals surface area contributed by atoms with Crippen LogP contribution in [0, 0.1) is 10.1 Å². The number of nitro benzene ring substituents is 1. The molecular weight excluding hydrogens is 443 g/mol. The summed E-state index contributed by atoms with van der Waals surface area (Å²) in [5.74, 6) is -0.580. The van der Waals surface area contributed by atoms with Crippen molar-refractivity contribution in [3.8, 4) is 0 Å². The summed E-state index contributed by atoms with van der Waals surface area (Å²) in [7, 11) is 0. The molecule has 0 bridgehead atoms. The lowest BCUT2D eigenvalue weighted by Gasteiger charge is -2.16. The fraction of sp³-hybridized carbons (Fsp3) is 0.294. The minimum absolute atomic E-state index is 0.262. The maximum absolute atomic E-state index is 12.8. The smallest absolute Gasteiger partial charge is 0.349 e. The number of rotatable bonds is 7. The van der Waals surface area contributed by atoms with E-state index >= 15 is 0 Å². The van der Waals surface area contributed by atoms with E-state index in [2.05, 4.69) is 20.7 Å². The highest BCUT2D eigenvalue weighted by Crippen LogP contribution is 2.36. The van der Waals surface area contributed by atoms with Gasteiger partial charge in [-0.15, -0.1) is 11.3 Å². The molecule has 2 N–H and O–H groups in total. The molecule has 0 fully saturated rings. The van der Waals surface area contributed by atoms with Gasteiger partial charge >= 0.3 is 6.18 Å². The summed E-state index contributed by atoms with van der Waals surface area (Å²) >= 11 is 2.60. The van der Waals surface area contributed by atoms with Crippen molar-refractivity contribution in [2.24, 2.45) is 0 Å². The number of carbonyl (C=O) groups excluding carboxylic acids is 1. The molecule has 0 spiro atoms. The molecule has 0 saturated carbocycles. The van der Waals surface area contributed by atoms with Gasteiger partial charge in [0.25, 0.3) is 11.6 Å². The van der Waals surface area contributed by atoms with Crippen LogP contribution in [-0.4, -0.2) is 28.9 Å². The molecule has 2 heterocycles. The third-order valence-electron chi connectivity index (χ3n) is 4.17. The van der Waals surface area contributed by atoms with Gasteiger partial charge in [-0.05, 0) is 32.0 Å². The van der Waals surface area contributed by atoms with Gasteiger partial charge in [0, 0.05) is 19.2 Å². The van der Waals surface area contributed by atoms with Crippen molar-refractivity contribution >= 4 is 54.6 Å². The molecule has 30 heavy (non-hydrogen) atoms. The Morgan fingerprint density at radius 3 is 2.50 bits per heavy atom. The molecule has 0 aliphatic carbocycles. The zero-order chi connectivity index (χ0) is 22.1. The van der Waals surface area contributed by atoms with Crippen LogP contribution in [0.2, 0.25) is 0 Å². The van der Waals surface area contributed by atoms with E-state index < -0.39 is 28.3 Å². The maximum Gasteiger partial charge on any atom is 0.416 e. The zero-order valence-corrected chi connectivity index (χ0v) is 17.4. The fourth-order valence-electron chi connectivity index (χ4n) is 2.62. The number of benzene rings is 1. The van der Waals surface area contributed by atoms with Gasteiger partial charge in [-0.1, -0.05) is 11.3 Å². The number of hydrogen-bond donors (Lipinski definition) is 2. The lowest BCUT2D eigenvalue weighted by molar-refractivity contribution is -0.384. The van der Waals surface area contributed by atoms with Crippen LogP contribution in [0.5, 0.6) is 0 Å². The van der Waals surface area contributed by atoms with Gasteiger partial charge in [-0.25, -0.2) is 4.98 Å². The molecule has 1 aromatic carbocycles. The number of aromatic nitrogens is 1. The third kappa shape index (κ3) is 4.46. The normalized spacial score (nSPS) is 11.5. The van der Waals surface area contributed by atoms with Crippen molar-refractivity contribution in [3.63, 3.8) is 0 Å². The van der Waals surface area contributed by atoms with Crippen LogP contribution in [0.4, 0.5) is 29.7 Å². The quantitative estimate of drug-likeness (QED) is 0.386. The maximum atomic E-state index is 12.8. The Hall–Kier alpha value is -2.93. The number of nitrogens with one attached hydrogen (secondary N) is 2. The number of halogens is 3. The second-order valence-corrected chi connectivity index (χ2v) is 8.05. The Morgan fingerprint density at radius 2 is 1.93 bits per heavy atom. The van der Waals surface area contributed by atoms with Gasteiger partial charge in [0.15, 0.2) is 5.13 Å². The number of fused-ring (bicyclic) bond motifs is 1. The van der Waals surface area contributed by atoms with Gasteiger partial charge in [-0.3, -0.25) is 25.8 Å². The number of thiophene rings is 1. The number of amides is 1. The molecule has 0 radical (unpaired) electrons. The number of hydrogen-bond acceptors (Lipinski definition) is 8. The molecule has 1 amide bonds. The average Bonchev–Trinajstić information content (AvgIpc) is 3.25. The largest absolute Gasteiger partial charge is 0.416 e. The van der Waals surface area contributed by atoms with E-state index in [0.717, 1.165) is 40.3 Å². The van der Waals surface area contributed by atoms with Crippen molar-refractivity contribution < 1.29 is 22.9 Å². The van der Waals surface area contributed by atoms with Gasteiger partial charge in [-0.2, -0.15) is 13.2 Å². The van der Waals surface area contributed by atoms with Gasteiger partial charge in [0.05, 0.1) is 20.1 Å². The molecule has 8 nitrogen and oxygen atoms in total. The van der Waals surface area contributed by atoms with Crippen LogP contribution >= 0.6 is 22.7 Å². The minimum atomic E-state index is -4.72. The van der Waals surface area contributed by atoms with Crippen molar-refractivity contribution in [1.82, 2.24) is 10.4 Å². The predicted octanol–water partition coefficient (Wildman–Crippen LogP) is 4.89. The molecule has 13 heteroatoms. The molecule has 2 aromatic heterocycles. The van der Waals surface area contributed by atoms with Crippen molar-refractivity contribution in [2.45, 2.75) is 20.0 Å². The van der Waals surface area contributed by atoms with E-state index in [0.29, 0.717) is 21.8 Å². The topological polar surface area (TPSA) is 100 Å². The molecule has 0 atom stereocenters. The van der Waals surface area contributed by atoms with Crippen molar-refractivity contribution in [3.05, 3.63) is 44.8 Å². The molecule has 160 valence electrons. The second-order valence-electron chi connectivity index (χ2n) is 6.01. The molecule has 0 aliphatic heterocycles. The number of hydrazine groups is 1. The first-order valence-corrected chi connectivity index (χ1v) is 10.3. The molecule has 0 unspecified atom stereocenters. The minimum Gasteiger partial charge on any atom is -0.349 e. The first-order chi connectivity index (χ1) is 14.1. The monoisotopic (exact) mass is 459 g/mol. The Labute approximate surface area is 176 Å². The summed E-state index contributed by atoms with van der Waals surface area (Å²) in [5.41, 5.74) is 2.39. The third-order valence-corrected chi connectivity index (χ3v) is 6.39. The molecule has 0 saturated heterocycles. The number of anilines is 2. The van der Waals surface area contributed by atoms with Crippen LogP contribution < -0.4 is 15.8 Å². The lowest BCUT2D eigenvalue weighted by atomic mass is 10.1. The van der Waals surface area contributed by atoms with Crippen molar-refractivity contribution in [1.29, 1.82) is 0 Å². The van der Waals surface area contributed by atoms with Crippen LogP contribution in [0.25, 0.3) is 9.53 Å². The molecule has 0 aliphatic rings. The Kier molecular flexibility index (Phi) is 6.12. The summed E-state index contributed by atoms with van der Waals surface area (Å²) in [5, 5.41) is 12.0. The summed E-state index contributed by atoms with van der Waals surface area (Å²) < 4.78 is 39.1. The summed E-state index contributed by atoms with van der Waals surface area (Å²) in [6, 6.07) is 3.66. The van der Waals surface area contributed by atoms with Crippen LogP contribution in [0.15, 0.2) is 24.3 Å². The Morgan fingerprint density at radius 1 is 1.23 bits per heavy atom. The van der Waals surface area contributed by atoms with E-state index in [1.54, 1.807) is 6.07 Å². The summed E-state index contributed by atoms with van der Waals surface area (Å²) in [4.78, 5) is 30.1. The highest BCUT2D eigenvalue weighted by Gasteiger charge is 2.33. The first kappa shape index (κ1) is 21.8. The fourth-order valence-corrected chi connectivity index (χ4v) is 4.85. The van der Waals surface area contributed by atoms with Gasteiger partial charge < -0.3 is 4.90 Å². The highest BCUT2D eigenvalue weighted by atomic mass is 32.1. The molecule has 3 aromatic rings. The van der Waals surface area contributed by atoms with Crippen LogP contribution in [0.1, 0.15) is 29.1 Å². The van der Waals surface area contributed by atoms with E-state index in [1.165, 1.54) is 11.3 Å². The average molecular weight is 459 g/mol. The number of nitrogens with zero attached hydrogens (tertiary/aromatic N) is 3. The molecular formula is C17H16F3N5O3S2. The number of carbonyl (C=O) groups is 1. The second kappa shape index (κ2) is 8.44. The number of nitro groups is 1. The van der Waals surface area contributed by atoms with Gasteiger partial charge in [0.2, 0.25) is 0 Å².